The van der Waals surface area contributed by atoms with E-state index in [1.165, 1.54) is 20.8 Å². The van der Waals surface area contributed by atoms with E-state index in [2.05, 4.69) is 24.3 Å². The first kappa shape index (κ1) is 64.8. The first-order valence-corrected chi connectivity index (χ1v) is 31.7. The number of allylic oxidation sites excluding steroid dienone is 8. The maximum atomic E-state index is 15.3. The van der Waals surface area contributed by atoms with Gasteiger partial charge in [0, 0.05) is 75.5 Å². The largest absolute Gasteiger partial charge is 0.462 e. The monoisotopic (exact) mass is 1260 g/mol. The van der Waals surface area contributed by atoms with E-state index >= 15 is 4.79 Å². The summed E-state index contributed by atoms with van der Waals surface area (Å²) in [6, 6.07) is 0. The van der Waals surface area contributed by atoms with Gasteiger partial charge in [-0.3, -0.25) is 38.4 Å². The lowest BCUT2D eigenvalue weighted by molar-refractivity contribution is -0.382. The van der Waals surface area contributed by atoms with Gasteiger partial charge in [0.05, 0.1) is 71.3 Å². The van der Waals surface area contributed by atoms with Crippen molar-refractivity contribution >= 4 is 47.4 Å². The normalized spacial score (nSPS) is 51.1. The van der Waals surface area contributed by atoms with Crippen molar-refractivity contribution in [2.75, 3.05) is 13.2 Å². The third-order valence-corrected chi connectivity index (χ3v) is 25.3. The van der Waals surface area contributed by atoms with Crippen LogP contribution in [-0.2, 0) is 85.7 Å². The van der Waals surface area contributed by atoms with Gasteiger partial charge in [-0.1, -0.05) is 78.5 Å². The highest BCUT2D eigenvalue weighted by atomic mass is 16.7. The number of Topliss-reactive ketones (excluding diaryl/α,β-unsaturated/α-hetero) is 2. The van der Waals surface area contributed by atoms with Crippen molar-refractivity contribution in [2.45, 2.75) is 219 Å². The molecule has 4 aliphatic heterocycles. The van der Waals surface area contributed by atoms with Gasteiger partial charge < -0.3 is 72.9 Å². The fourth-order valence-corrected chi connectivity index (χ4v) is 22.0. The van der Waals surface area contributed by atoms with Crippen LogP contribution in [0.25, 0.3) is 0 Å². The molecule has 29 unspecified atom stereocenters. The zero-order valence-electron chi connectivity index (χ0n) is 52.1. The van der Waals surface area contributed by atoms with Crippen LogP contribution in [0.4, 0.5) is 0 Å². The molecule has 14 rings (SSSR count). The molecule has 0 aromatic carbocycles. The second-order valence-corrected chi connectivity index (χ2v) is 29.4. The summed E-state index contributed by atoms with van der Waals surface area (Å²) >= 11 is 0. The Bertz CT molecular complexity index is 3200. The molecule has 2 spiro atoms. The second-order valence-electron chi connectivity index (χ2n) is 29.4. The standard InChI is InChI=1S/C36H46O13.C30H38O10.CH4/c1-15(2)31(43)48-32-33(6)22-13-21(40)24-25(35(22,14-44-32)28(42)27(45-16(3)37)30(33)47-18(5)39)26(41)29(46-17(4)38)34(7)20(19-10-8-9-11-19)12-23-36(24,34)49-23;1-13(31)38-20-11-19(34)29-12-37-26(36)27(20,3)18(29)10-17(33)22-23(29)24(35)25(39-14(2)32)28(4)16(15-7-5-6-8-15)9-21-30(22,28)40-21;/h8,10-11,15,20-25,27-30,32,40,42H,9,12-14H2,1-7H3;5,7-8,16-23,25-26,33-34,36H,6,9-12H2,1-4H3;1H4. The van der Waals surface area contributed by atoms with Crippen molar-refractivity contribution in [1.82, 2.24) is 0 Å². The van der Waals surface area contributed by atoms with E-state index in [0.717, 1.165) is 37.8 Å². The summed E-state index contributed by atoms with van der Waals surface area (Å²) in [6.07, 6.45) is 0.710. The number of ether oxygens (including phenoxy) is 10. The molecule has 0 radical (unpaired) electrons. The van der Waals surface area contributed by atoms with Crippen LogP contribution in [0.5, 0.6) is 0 Å². The second kappa shape index (κ2) is 21.4. The SMILES string of the molecule is C.CC(=O)OC1C(OC(C)=O)C2(C)C(OC(=O)C(C)C)OCC3(C1O)C1C(=O)C(OC(C)=O)C4(C)C(C5=CCC=C5)CC5OC54C1C(O)CC23.CC(=O)OC1CC(O)C23COC(O)C1(C)C2CC(O)C1C3C(=O)C(OC(C)=O)C2(C)C(C3=CCC=C3)CC3OC312. The molecule has 0 aromatic rings. The first-order chi connectivity index (χ1) is 41.8. The van der Waals surface area contributed by atoms with E-state index in [4.69, 9.17) is 47.4 Å². The van der Waals surface area contributed by atoms with Crippen LogP contribution < -0.4 is 0 Å². The van der Waals surface area contributed by atoms with Gasteiger partial charge in [-0.2, -0.15) is 0 Å². The van der Waals surface area contributed by atoms with E-state index < -0.39 is 194 Å². The lowest BCUT2D eigenvalue weighted by Gasteiger charge is -2.71. The van der Waals surface area contributed by atoms with E-state index in [1.54, 1.807) is 27.7 Å². The quantitative estimate of drug-likeness (QED) is 0.125. The highest BCUT2D eigenvalue weighted by Gasteiger charge is 2.92. The maximum absolute atomic E-state index is 15.3. The van der Waals surface area contributed by atoms with Crippen molar-refractivity contribution in [3.8, 4) is 0 Å². The smallest absolute Gasteiger partial charge is 0.310 e. The molecular weight excluding hydrogens is 1170 g/mol. The maximum Gasteiger partial charge on any atom is 0.310 e. The molecule has 494 valence electrons. The third-order valence-electron chi connectivity index (χ3n) is 25.3. The number of hydrogen-bond donors (Lipinski definition) is 5. The molecular formula is C67H88O23. The number of carbonyl (C=O) groups excluding carboxylic acids is 8. The van der Waals surface area contributed by atoms with Crippen molar-refractivity contribution in [1.29, 1.82) is 0 Å². The number of ketones is 2. The molecule has 23 heteroatoms. The minimum absolute atomic E-state index is 0. The molecule has 12 fully saturated rings. The fraction of sp³-hybridized carbons (Fsp3) is 0.761. The van der Waals surface area contributed by atoms with Crippen LogP contribution in [0.15, 0.2) is 47.6 Å². The third kappa shape index (κ3) is 8.14. The number of fused-ring (bicyclic) bond motifs is 2. The molecule has 0 aromatic heterocycles. The predicted molar refractivity (Wildman–Crippen MR) is 308 cm³/mol. The number of epoxide rings is 2. The molecule has 90 heavy (non-hydrogen) atoms. The lowest BCUT2D eigenvalue weighted by atomic mass is 9.36. The van der Waals surface area contributed by atoms with Gasteiger partial charge in [-0.25, -0.2) is 0 Å². The van der Waals surface area contributed by atoms with Crippen LogP contribution >= 0.6 is 0 Å². The van der Waals surface area contributed by atoms with E-state index in [9.17, 15) is 59.1 Å². The summed E-state index contributed by atoms with van der Waals surface area (Å²) in [5.74, 6) is -10.9. The van der Waals surface area contributed by atoms with E-state index in [1.807, 2.05) is 26.0 Å². The zero-order valence-corrected chi connectivity index (χ0v) is 52.1. The number of esters is 6. The predicted octanol–water partition coefficient (Wildman–Crippen LogP) is 3.79. The molecule has 4 bridgehead atoms. The zero-order chi connectivity index (χ0) is 64.2. The van der Waals surface area contributed by atoms with Gasteiger partial charge in [-0.15, -0.1) is 0 Å². The molecule has 14 aliphatic rings. The molecule has 5 N–H and O–H groups in total. The van der Waals surface area contributed by atoms with Gasteiger partial charge >= 0.3 is 35.8 Å². The molecule has 23 nitrogen and oxygen atoms in total. The molecule has 29 atom stereocenters. The first-order valence-electron chi connectivity index (χ1n) is 31.7. The number of aliphatic hydroxyl groups is 5. The lowest BCUT2D eigenvalue weighted by Crippen LogP contribution is -2.82. The molecule has 10 aliphatic carbocycles. The van der Waals surface area contributed by atoms with Crippen LogP contribution in [0.2, 0.25) is 0 Å². The van der Waals surface area contributed by atoms with Gasteiger partial charge in [0.2, 0.25) is 6.29 Å². The van der Waals surface area contributed by atoms with Crippen LogP contribution in [0.1, 0.15) is 129 Å². The summed E-state index contributed by atoms with van der Waals surface area (Å²) in [5.41, 5.74) is -7.43. The Morgan fingerprint density at radius 3 is 1.47 bits per heavy atom. The Morgan fingerprint density at radius 1 is 0.567 bits per heavy atom. The summed E-state index contributed by atoms with van der Waals surface area (Å²) < 4.78 is 60.3. The Kier molecular flexibility index (Phi) is 15.4. The van der Waals surface area contributed by atoms with Crippen LogP contribution in [-0.4, -0.2) is 177 Å². The van der Waals surface area contributed by atoms with Gasteiger partial charge in [0.1, 0.15) is 23.4 Å². The molecule has 0 amide bonds. The molecule has 8 saturated carbocycles. The number of hydrogen-bond acceptors (Lipinski definition) is 23. The van der Waals surface area contributed by atoms with Gasteiger partial charge in [-0.05, 0) is 80.3 Å². The van der Waals surface area contributed by atoms with Crippen LogP contribution in [0, 0.1) is 85.8 Å². The summed E-state index contributed by atoms with van der Waals surface area (Å²) in [5, 5.41) is 59.9. The highest BCUT2D eigenvalue weighted by molar-refractivity contribution is 5.93. The minimum Gasteiger partial charge on any atom is -0.462 e. The summed E-state index contributed by atoms with van der Waals surface area (Å²) in [7, 11) is 0. The van der Waals surface area contributed by atoms with Crippen LogP contribution in [0.3, 0.4) is 0 Å². The topological polar surface area (TPSA) is 337 Å². The number of aliphatic hydroxyl groups excluding tert-OH is 5. The van der Waals surface area contributed by atoms with Crippen molar-refractivity contribution in [3.05, 3.63) is 47.6 Å². The average molecular weight is 1260 g/mol. The molecule has 4 heterocycles. The Hall–Kier alpha value is -5.24. The van der Waals surface area contributed by atoms with Crippen molar-refractivity contribution < 1.29 is 111 Å². The van der Waals surface area contributed by atoms with E-state index in [-0.39, 0.29) is 69.7 Å². The Morgan fingerprint density at radius 2 is 1.02 bits per heavy atom. The van der Waals surface area contributed by atoms with Crippen molar-refractivity contribution in [3.63, 3.8) is 0 Å². The van der Waals surface area contributed by atoms with Gasteiger partial charge in [0.25, 0.3) is 0 Å². The van der Waals surface area contributed by atoms with Crippen molar-refractivity contribution in [2.24, 2.45) is 85.8 Å². The summed E-state index contributed by atoms with van der Waals surface area (Å²) in [6.45, 7) is 16.2. The Labute approximate surface area is 522 Å². The summed E-state index contributed by atoms with van der Waals surface area (Å²) in [4.78, 5) is 106. The highest BCUT2D eigenvalue weighted by Crippen LogP contribution is 2.81. The number of rotatable bonds is 9. The van der Waals surface area contributed by atoms with Gasteiger partial charge in [0.15, 0.2) is 42.3 Å². The number of carbonyl (C=O) groups is 8. The fourth-order valence-electron chi connectivity index (χ4n) is 22.0. The molecule has 4 saturated heterocycles. The average Bonchev–Trinajstić information content (AvgIpc) is 1.40. The Balaban J connectivity index is 0.000000176. The van der Waals surface area contributed by atoms with E-state index in [0.29, 0.717) is 12.8 Å². The minimum atomic E-state index is -1.65.